The molecule has 0 spiro atoms. The summed E-state index contributed by atoms with van der Waals surface area (Å²) in [5, 5.41) is 16.1. The largest absolute Gasteiger partial charge is 0.370 e. The van der Waals surface area contributed by atoms with E-state index in [9.17, 15) is 4.39 Å². The SMILES string of the molecule is Cc1nn(-c2ccc(F)cc2)c(C)c1/C=N\n1c([C@H]2CCCO2)n[nH]c1=S. The molecule has 1 N–H and O–H groups in total. The Morgan fingerprint density at radius 2 is 2.11 bits per heavy atom. The molecule has 0 saturated carbocycles. The van der Waals surface area contributed by atoms with Crippen molar-refractivity contribution in [2.24, 2.45) is 5.10 Å². The number of ether oxygens (including phenoxy) is 1. The molecule has 27 heavy (non-hydrogen) atoms. The number of hydrogen-bond donors (Lipinski definition) is 1. The van der Waals surface area contributed by atoms with Crippen LogP contribution in [0.1, 0.15) is 41.7 Å². The lowest BCUT2D eigenvalue weighted by Crippen LogP contribution is -2.05. The molecule has 1 saturated heterocycles. The molecule has 1 aromatic carbocycles. The number of aryl methyl sites for hydroxylation is 1. The number of nitrogens with zero attached hydrogens (tertiary/aromatic N) is 5. The van der Waals surface area contributed by atoms with Crippen molar-refractivity contribution < 1.29 is 9.13 Å². The molecule has 1 fully saturated rings. The van der Waals surface area contributed by atoms with Crippen molar-refractivity contribution in [2.75, 3.05) is 6.61 Å². The molecule has 0 unspecified atom stereocenters. The molecule has 7 nitrogen and oxygen atoms in total. The number of aromatic nitrogens is 5. The van der Waals surface area contributed by atoms with Crippen molar-refractivity contribution in [1.82, 2.24) is 24.7 Å². The van der Waals surface area contributed by atoms with Crippen LogP contribution in [-0.4, -0.2) is 37.5 Å². The van der Waals surface area contributed by atoms with Crippen molar-refractivity contribution in [3.8, 4) is 5.69 Å². The molecule has 0 radical (unpaired) electrons. The molecular weight excluding hydrogens is 367 g/mol. The van der Waals surface area contributed by atoms with E-state index in [-0.39, 0.29) is 11.9 Å². The van der Waals surface area contributed by atoms with Gasteiger partial charge in [0.2, 0.25) is 4.77 Å². The topological polar surface area (TPSA) is 73.0 Å². The highest BCUT2D eigenvalue weighted by molar-refractivity contribution is 7.71. The molecule has 2 aromatic heterocycles. The molecule has 3 aromatic rings. The van der Waals surface area contributed by atoms with E-state index in [1.165, 1.54) is 12.1 Å². The van der Waals surface area contributed by atoms with E-state index in [4.69, 9.17) is 17.0 Å². The van der Waals surface area contributed by atoms with Crippen LogP contribution < -0.4 is 0 Å². The maximum Gasteiger partial charge on any atom is 0.216 e. The van der Waals surface area contributed by atoms with Crippen LogP contribution in [0.2, 0.25) is 0 Å². The lowest BCUT2D eigenvalue weighted by Gasteiger charge is -2.07. The van der Waals surface area contributed by atoms with Gasteiger partial charge in [0.1, 0.15) is 11.9 Å². The summed E-state index contributed by atoms with van der Waals surface area (Å²) in [7, 11) is 0. The number of aromatic amines is 1. The minimum atomic E-state index is -0.280. The molecule has 4 rings (SSSR count). The zero-order chi connectivity index (χ0) is 19.0. The first-order valence-electron chi connectivity index (χ1n) is 8.70. The van der Waals surface area contributed by atoms with E-state index in [0.717, 1.165) is 42.1 Å². The van der Waals surface area contributed by atoms with Gasteiger partial charge in [-0.05, 0) is 63.2 Å². The minimum Gasteiger partial charge on any atom is -0.370 e. The van der Waals surface area contributed by atoms with Gasteiger partial charge in [-0.3, -0.25) is 5.10 Å². The summed E-state index contributed by atoms with van der Waals surface area (Å²) in [6, 6.07) is 6.21. The number of halogens is 1. The highest BCUT2D eigenvalue weighted by Gasteiger charge is 2.23. The highest BCUT2D eigenvalue weighted by atomic mass is 32.1. The quantitative estimate of drug-likeness (QED) is 0.549. The van der Waals surface area contributed by atoms with E-state index < -0.39 is 0 Å². The second-order valence-corrected chi connectivity index (χ2v) is 6.80. The van der Waals surface area contributed by atoms with Crippen LogP contribution >= 0.6 is 12.2 Å². The Morgan fingerprint density at radius 3 is 2.81 bits per heavy atom. The standard InChI is InChI=1S/C18H19FN6OS/c1-11-15(12(2)24(23-11)14-7-5-13(19)6-8-14)10-20-25-17(21-22-18(25)27)16-4-3-9-26-16/h5-8,10,16H,3-4,9H2,1-2H3,(H,22,27)/b20-10-/t16-/m1/s1. The van der Waals surface area contributed by atoms with E-state index in [0.29, 0.717) is 10.6 Å². The van der Waals surface area contributed by atoms with Crippen LogP contribution in [0.25, 0.3) is 5.69 Å². The van der Waals surface area contributed by atoms with E-state index in [1.54, 1.807) is 27.7 Å². The predicted octanol–water partition coefficient (Wildman–Crippen LogP) is 3.62. The summed E-state index contributed by atoms with van der Waals surface area (Å²) < 4.78 is 22.7. The van der Waals surface area contributed by atoms with E-state index >= 15 is 0 Å². The van der Waals surface area contributed by atoms with Crippen molar-refractivity contribution in [3.05, 3.63) is 57.6 Å². The normalized spacial score (nSPS) is 17.2. The van der Waals surface area contributed by atoms with Crippen LogP contribution in [0.4, 0.5) is 4.39 Å². The molecule has 0 bridgehead atoms. The van der Waals surface area contributed by atoms with Gasteiger partial charge in [-0.1, -0.05) is 0 Å². The van der Waals surface area contributed by atoms with Gasteiger partial charge < -0.3 is 4.74 Å². The predicted molar refractivity (Wildman–Crippen MR) is 101 cm³/mol. The van der Waals surface area contributed by atoms with Crippen molar-refractivity contribution in [1.29, 1.82) is 0 Å². The Morgan fingerprint density at radius 1 is 1.33 bits per heavy atom. The Labute approximate surface area is 160 Å². The molecule has 1 atom stereocenters. The van der Waals surface area contributed by atoms with Crippen molar-refractivity contribution in [2.45, 2.75) is 32.8 Å². The Kier molecular flexibility index (Phi) is 4.71. The number of hydrogen-bond acceptors (Lipinski definition) is 5. The summed E-state index contributed by atoms with van der Waals surface area (Å²) in [6.45, 7) is 4.57. The van der Waals surface area contributed by atoms with Gasteiger partial charge >= 0.3 is 0 Å². The monoisotopic (exact) mass is 386 g/mol. The average molecular weight is 386 g/mol. The third kappa shape index (κ3) is 3.35. The molecule has 1 aliphatic rings. The van der Waals surface area contributed by atoms with Crippen LogP contribution in [-0.2, 0) is 4.74 Å². The van der Waals surface area contributed by atoms with Gasteiger partial charge in [0.25, 0.3) is 0 Å². The van der Waals surface area contributed by atoms with Gasteiger partial charge in [-0.15, -0.1) is 0 Å². The molecule has 0 aliphatic carbocycles. The molecule has 0 amide bonds. The van der Waals surface area contributed by atoms with Crippen LogP contribution in [0.5, 0.6) is 0 Å². The zero-order valence-corrected chi connectivity index (χ0v) is 15.8. The molecule has 140 valence electrons. The van der Waals surface area contributed by atoms with Gasteiger partial charge in [0.05, 0.1) is 23.3 Å². The summed E-state index contributed by atoms with van der Waals surface area (Å²) in [5.41, 5.74) is 3.38. The average Bonchev–Trinajstić information content (AvgIpc) is 3.36. The molecule has 9 heteroatoms. The fourth-order valence-corrected chi connectivity index (χ4v) is 3.38. The third-order valence-electron chi connectivity index (χ3n) is 4.61. The molecular formula is C18H19FN6OS. The first kappa shape index (κ1) is 17.7. The van der Waals surface area contributed by atoms with Gasteiger partial charge in [0.15, 0.2) is 5.82 Å². The fraction of sp³-hybridized carbons (Fsp3) is 0.333. The van der Waals surface area contributed by atoms with Crippen LogP contribution in [0, 0.1) is 24.4 Å². The van der Waals surface area contributed by atoms with Crippen molar-refractivity contribution >= 4 is 18.4 Å². The Balaban J connectivity index is 1.69. The molecule has 3 heterocycles. The summed E-state index contributed by atoms with van der Waals surface area (Å²) >= 11 is 5.30. The highest BCUT2D eigenvalue weighted by Crippen LogP contribution is 2.27. The van der Waals surface area contributed by atoms with Gasteiger partial charge in [-0.25, -0.2) is 9.07 Å². The summed E-state index contributed by atoms with van der Waals surface area (Å²) in [4.78, 5) is 0. The van der Waals surface area contributed by atoms with Crippen molar-refractivity contribution in [3.63, 3.8) is 0 Å². The Bertz CT molecular complexity index is 1040. The number of rotatable bonds is 4. The Hall–Kier alpha value is -2.65. The first-order valence-corrected chi connectivity index (χ1v) is 9.11. The van der Waals surface area contributed by atoms with Crippen LogP contribution in [0.15, 0.2) is 29.4 Å². The first-order chi connectivity index (χ1) is 13.0. The lowest BCUT2D eigenvalue weighted by atomic mass is 10.2. The lowest BCUT2D eigenvalue weighted by molar-refractivity contribution is 0.102. The van der Waals surface area contributed by atoms with Gasteiger partial charge in [-0.2, -0.15) is 20.0 Å². The number of nitrogens with one attached hydrogen (secondary N) is 1. The van der Waals surface area contributed by atoms with E-state index in [2.05, 4.69) is 20.4 Å². The maximum absolute atomic E-state index is 13.2. The summed E-state index contributed by atoms with van der Waals surface area (Å²) in [6.07, 6.45) is 3.52. The van der Waals surface area contributed by atoms with Crippen LogP contribution in [0.3, 0.4) is 0 Å². The maximum atomic E-state index is 13.2. The second-order valence-electron chi connectivity index (χ2n) is 6.42. The minimum absolute atomic E-state index is 0.0979. The third-order valence-corrected chi connectivity index (χ3v) is 4.88. The summed E-state index contributed by atoms with van der Waals surface area (Å²) in [5.74, 6) is 0.396. The second kappa shape index (κ2) is 7.16. The van der Waals surface area contributed by atoms with E-state index in [1.807, 2.05) is 13.8 Å². The zero-order valence-electron chi connectivity index (χ0n) is 15.0. The number of benzene rings is 1. The number of H-pyrrole nitrogens is 1. The smallest absolute Gasteiger partial charge is 0.216 e. The fourth-order valence-electron chi connectivity index (χ4n) is 3.20. The van der Waals surface area contributed by atoms with Gasteiger partial charge in [0, 0.05) is 12.2 Å². The molecule has 1 aliphatic heterocycles.